The van der Waals surface area contributed by atoms with Gasteiger partial charge in [-0.3, -0.25) is 19.6 Å². The van der Waals surface area contributed by atoms with Gasteiger partial charge in [-0.05, 0) is 24.5 Å². The molecule has 3 amide bonds. The highest BCUT2D eigenvalue weighted by molar-refractivity contribution is 5.93. The van der Waals surface area contributed by atoms with Gasteiger partial charge in [-0.25, -0.2) is 5.48 Å². The molecule has 0 heterocycles. The van der Waals surface area contributed by atoms with Crippen molar-refractivity contribution in [1.29, 1.82) is 0 Å². The van der Waals surface area contributed by atoms with Crippen LogP contribution in [0.1, 0.15) is 26.7 Å². The zero-order valence-corrected chi connectivity index (χ0v) is 15.3. The van der Waals surface area contributed by atoms with Crippen molar-refractivity contribution >= 4 is 23.4 Å². The van der Waals surface area contributed by atoms with Gasteiger partial charge in [-0.2, -0.15) is 0 Å². The van der Waals surface area contributed by atoms with Crippen LogP contribution in [0.2, 0.25) is 0 Å². The van der Waals surface area contributed by atoms with E-state index in [4.69, 9.17) is 5.21 Å². The first-order valence-electron chi connectivity index (χ1n) is 8.49. The molecule has 26 heavy (non-hydrogen) atoms. The molecule has 1 rings (SSSR count). The number of hydrogen-bond donors (Lipinski definition) is 4. The quantitative estimate of drug-likeness (QED) is 0.379. The molecule has 8 nitrogen and oxygen atoms in total. The number of hydrogen-bond acceptors (Lipinski definition) is 5. The van der Waals surface area contributed by atoms with Crippen LogP contribution < -0.4 is 15.7 Å². The first-order valence-corrected chi connectivity index (χ1v) is 8.49. The highest BCUT2D eigenvalue weighted by atomic mass is 16.5. The highest BCUT2D eigenvalue weighted by Crippen LogP contribution is 2.17. The summed E-state index contributed by atoms with van der Waals surface area (Å²) in [5.41, 5.74) is 2.10. The molecule has 0 radical (unpaired) electrons. The normalized spacial score (nSPS) is 13.0. The van der Waals surface area contributed by atoms with Gasteiger partial charge >= 0.3 is 0 Å². The average molecular weight is 365 g/mol. The molecular weight excluding hydrogens is 338 g/mol. The molecule has 0 fully saturated rings. The van der Waals surface area contributed by atoms with Crippen LogP contribution in [0.25, 0.3) is 0 Å². The number of carbonyl (C=O) groups is 3. The molecule has 0 aromatic heterocycles. The zero-order chi connectivity index (χ0) is 19.7. The van der Waals surface area contributed by atoms with E-state index in [2.05, 4.69) is 5.32 Å². The van der Waals surface area contributed by atoms with E-state index < -0.39 is 23.8 Å². The Morgan fingerprint density at radius 1 is 1.12 bits per heavy atom. The summed E-state index contributed by atoms with van der Waals surface area (Å²) in [7, 11) is 1.65. The van der Waals surface area contributed by atoms with Crippen LogP contribution in [0.15, 0.2) is 30.3 Å². The molecule has 0 saturated carbocycles. The molecule has 0 aliphatic rings. The van der Waals surface area contributed by atoms with E-state index in [1.54, 1.807) is 19.2 Å². The molecule has 0 saturated heterocycles. The number of nitrogens with one attached hydrogen (secondary N) is 2. The second kappa shape index (κ2) is 10.5. The number of hydroxylamine groups is 1. The summed E-state index contributed by atoms with van der Waals surface area (Å²) in [5, 5.41) is 21.2. The summed E-state index contributed by atoms with van der Waals surface area (Å²) in [6.07, 6.45) is -1.32. The first-order chi connectivity index (χ1) is 12.3. The standard InChI is InChI=1S/C18H27N3O5/c1-12(2)11-14(16(23)18(25)20-26)17(24)19-10-9-15(22)21(3)13-7-5-4-6-8-13/h4-8,12,14,16,23,26H,9-11H2,1-3H3,(H,19,24)(H,20,25)/t14-,16+/m1/s1. The molecule has 144 valence electrons. The van der Waals surface area contributed by atoms with Crippen molar-refractivity contribution in [2.75, 3.05) is 18.5 Å². The first kappa shape index (κ1) is 21.6. The SMILES string of the molecule is CC(C)C[C@@H](C(=O)NCCC(=O)N(C)c1ccccc1)[C@H](O)C(=O)NO. The third-order valence-corrected chi connectivity index (χ3v) is 3.98. The smallest absolute Gasteiger partial charge is 0.272 e. The fraction of sp³-hybridized carbons (Fsp3) is 0.500. The fourth-order valence-corrected chi connectivity index (χ4v) is 2.52. The zero-order valence-electron chi connectivity index (χ0n) is 15.3. The van der Waals surface area contributed by atoms with Crippen molar-refractivity contribution in [3.63, 3.8) is 0 Å². The van der Waals surface area contributed by atoms with Gasteiger partial charge in [0.2, 0.25) is 11.8 Å². The number of anilines is 1. The third-order valence-electron chi connectivity index (χ3n) is 3.98. The summed E-state index contributed by atoms with van der Waals surface area (Å²) in [4.78, 5) is 37.4. The number of benzene rings is 1. The number of rotatable bonds is 9. The van der Waals surface area contributed by atoms with Crippen molar-refractivity contribution in [1.82, 2.24) is 10.8 Å². The molecule has 0 spiro atoms. The Labute approximate surface area is 153 Å². The van der Waals surface area contributed by atoms with Gasteiger partial charge in [0.15, 0.2) is 0 Å². The van der Waals surface area contributed by atoms with Gasteiger partial charge < -0.3 is 15.3 Å². The number of carbonyl (C=O) groups excluding carboxylic acids is 3. The predicted molar refractivity (Wildman–Crippen MR) is 96.4 cm³/mol. The summed E-state index contributed by atoms with van der Waals surface area (Å²) >= 11 is 0. The number of aliphatic hydroxyl groups is 1. The third kappa shape index (κ3) is 6.45. The molecule has 0 aliphatic heterocycles. The van der Waals surface area contributed by atoms with E-state index >= 15 is 0 Å². The lowest BCUT2D eigenvalue weighted by atomic mass is 9.91. The van der Waals surface area contributed by atoms with Crippen LogP contribution in [0, 0.1) is 11.8 Å². The monoisotopic (exact) mass is 365 g/mol. The summed E-state index contributed by atoms with van der Waals surface area (Å²) < 4.78 is 0. The Kier molecular flexibility index (Phi) is 8.74. The van der Waals surface area contributed by atoms with E-state index in [0.29, 0.717) is 0 Å². The molecule has 2 atom stereocenters. The second-order valence-electron chi connectivity index (χ2n) is 6.49. The van der Waals surface area contributed by atoms with Crippen LogP contribution in [-0.2, 0) is 14.4 Å². The molecule has 1 aromatic carbocycles. The highest BCUT2D eigenvalue weighted by Gasteiger charge is 2.32. The summed E-state index contributed by atoms with van der Waals surface area (Å²) in [6, 6.07) is 9.11. The Balaban J connectivity index is 2.59. The lowest BCUT2D eigenvalue weighted by Crippen LogP contribution is -2.46. The van der Waals surface area contributed by atoms with Gasteiger partial charge in [0.25, 0.3) is 5.91 Å². The minimum Gasteiger partial charge on any atom is -0.382 e. The van der Waals surface area contributed by atoms with Gasteiger partial charge in [0.05, 0.1) is 5.92 Å². The Bertz CT molecular complexity index is 606. The van der Waals surface area contributed by atoms with Crippen molar-refractivity contribution in [3.8, 4) is 0 Å². The van der Waals surface area contributed by atoms with Gasteiger partial charge in [-0.15, -0.1) is 0 Å². The number of para-hydroxylation sites is 1. The average Bonchev–Trinajstić information content (AvgIpc) is 2.64. The Morgan fingerprint density at radius 2 is 1.73 bits per heavy atom. The van der Waals surface area contributed by atoms with E-state index in [9.17, 15) is 19.5 Å². The van der Waals surface area contributed by atoms with Gasteiger partial charge in [0, 0.05) is 25.7 Å². The summed E-state index contributed by atoms with van der Waals surface area (Å²) in [5.74, 6) is -2.71. The molecule has 0 aliphatic carbocycles. The van der Waals surface area contributed by atoms with E-state index in [-0.39, 0.29) is 31.2 Å². The minimum absolute atomic E-state index is 0.0535. The van der Waals surface area contributed by atoms with Crippen LogP contribution in [-0.4, -0.2) is 47.7 Å². The lowest BCUT2D eigenvalue weighted by molar-refractivity contribution is -0.146. The minimum atomic E-state index is -1.66. The maximum atomic E-state index is 12.3. The van der Waals surface area contributed by atoms with Crippen LogP contribution >= 0.6 is 0 Å². The predicted octanol–water partition coefficient (Wildman–Crippen LogP) is 0.684. The molecule has 4 N–H and O–H groups in total. The maximum Gasteiger partial charge on any atom is 0.272 e. The molecule has 0 bridgehead atoms. The maximum absolute atomic E-state index is 12.3. The van der Waals surface area contributed by atoms with Crippen molar-refractivity contribution in [2.45, 2.75) is 32.8 Å². The van der Waals surface area contributed by atoms with Gasteiger partial charge in [-0.1, -0.05) is 32.0 Å². The van der Waals surface area contributed by atoms with Gasteiger partial charge in [0.1, 0.15) is 6.10 Å². The molecule has 1 aromatic rings. The van der Waals surface area contributed by atoms with Crippen LogP contribution in [0.4, 0.5) is 5.69 Å². The molecular formula is C18H27N3O5. The topological polar surface area (TPSA) is 119 Å². The lowest BCUT2D eigenvalue weighted by Gasteiger charge is -2.23. The fourth-order valence-electron chi connectivity index (χ4n) is 2.52. The molecule has 8 heteroatoms. The van der Waals surface area contributed by atoms with Crippen molar-refractivity contribution < 1.29 is 24.7 Å². The van der Waals surface area contributed by atoms with Crippen molar-refractivity contribution in [3.05, 3.63) is 30.3 Å². The van der Waals surface area contributed by atoms with Crippen molar-refractivity contribution in [2.24, 2.45) is 11.8 Å². The number of nitrogens with zero attached hydrogens (tertiary/aromatic N) is 1. The van der Waals surface area contributed by atoms with E-state index in [0.717, 1.165) is 5.69 Å². The van der Waals surface area contributed by atoms with Crippen LogP contribution in [0.3, 0.4) is 0 Å². The van der Waals surface area contributed by atoms with Crippen LogP contribution in [0.5, 0.6) is 0 Å². The largest absolute Gasteiger partial charge is 0.382 e. The second-order valence-corrected chi connectivity index (χ2v) is 6.49. The Hall–Kier alpha value is -2.45. The number of amides is 3. The molecule has 0 unspecified atom stereocenters. The van der Waals surface area contributed by atoms with E-state index in [1.807, 2.05) is 32.0 Å². The summed E-state index contributed by atoms with van der Waals surface area (Å²) in [6.45, 7) is 3.78. The van der Waals surface area contributed by atoms with E-state index in [1.165, 1.54) is 10.4 Å². The number of aliphatic hydroxyl groups excluding tert-OH is 1. The Morgan fingerprint density at radius 3 is 2.27 bits per heavy atom.